The molecule has 0 aliphatic rings. The Morgan fingerprint density at radius 2 is 1.53 bits per heavy atom. The van der Waals surface area contributed by atoms with Gasteiger partial charge in [0.2, 0.25) is 11.8 Å². The molecule has 2 rings (SSSR count). The maximum atomic E-state index is 12.9. The van der Waals surface area contributed by atoms with Crippen LogP contribution in [0.3, 0.4) is 0 Å². The highest BCUT2D eigenvalue weighted by atomic mass is 19.4. The van der Waals surface area contributed by atoms with Gasteiger partial charge in [-0.1, -0.05) is 33.8 Å². The smallest absolute Gasteiger partial charge is 0.429 e. The van der Waals surface area contributed by atoms with Gasteiger partial charge in [-0.25, -0.2) is 9.97 Å². The van der Waals surface area contributed by atoms with Gasteiger partial charge in [-0.3, -0.25) is 0 Å². The van der Waals surface area contributed by atoms with Crippen LogP contribution in [0.5, 0.6) is 11.8 Å². The molecule has 0 amide bonds. The van der Waals surface area contributed by atoms with Crippen molar-refractivity contribution >= 4 is 0 Å². The fourth-order valence-electron chi connectivity index (χ4n) is 3.26. The molecule has 12 heteroatoms. The van der Waals surface area contributed by atoms with Crippen molar-refractivity contribution in [2.75, 3.05) is 26.9 Å². The average Bonchev–Trinajstić information content (AvgIpc) is 2.76. The van der Waals surface area contributed by atoms with Crippen LogP contribution in [0.4, 0.5) is 26.3 Å². The van der Waals surface area contributed by atoms with Crippen molar-refractivity contribution in [1.29, 1.82) is 0 Å². The molecule has 2 heterocycles. The molecule has 1 N–H and O–H groups in total. The Morgan fingerprint density at radius 3 is 2.08 bits per heavy atom. The Morgan fingerprint density at radius 1 is 0.889 bits per heavy atom. The van der Waals surface area contributed by atoms with E-state index >= 15 is 0 Å². The van der Waals surface area contributed by atoms with Crippen LogP contribution in [0.1, 0.15) is 50.6 Å². The molecule has 0 aliphatic heterocycles. The van der Waals surface area contributed by atoms with Crippen molar-refractivity contribution in [3.8, 4) is 11.8 Å². The number of halogens is 6. The minimum Gasteiger partial charge on any atom is -0.475 e. The van der Waals surface area contributed by atoms with Crippen molar-refractivity contribution in [3.63, 3.8) is 0 Å². The molecule has 0 fully saturated rings. The van der Waals surface area contributed by atoms with E-state index in [1.54, 1.807) is 19.2 Å². The highest BCUT2D eigenvalue weighted by molar-refractivity contribution is 5.31. The van der Waals surface area contributed by atoms with Crippen LogP contribution in [0.25, 0.3) is 0 Å². The van der Waals surface area contributed by atoms with Crippen LogP contribution in [-0.4, -0.2) is 60.0 Å². The Hall–Kier alpha value is -2.60. The van der Waals surface area contributed by atoms with E-state index in [1.165, 1.54) is 6.07 Å². The maximum absolute atomic E-state index is 12.9. The Bertz CT molecular complexity index is 995. The third kappa shape index (κ3) is 7.22. The number of nitrogens with zero attached hydrogens (tertiary/aromatic N) is 2. The molecule has 0 spiro atoms. The minimum atomic E-state index is -5.99. The molecule has 0 aromatic carbocycles. The van der Waals surface area contributed by atoms with Crippen molar-refractivity contribution in [2.45, 2.75) is 63.4 Å². The summed E-state index contributed by atoms with van der Waals surface area (Å²) in [6, 6.07) is 7.79. The second kappa shape index (κ2) is 11.2. The summed E-state index contributed by atoms with van der Waals surface area (Å²) in [5, 5.41) is 9.32. The van der Waals surface area contributed by atoms with Gasteiger partial charge in [0.1, 0.15) is 13.2 Å². The van der Waals surface area contributed by atoms with Crippen LogP contribution in [-0.2, 0) is 16.6 Å². The monoisotopic (exact) mass is 524 g/mol. The van der Waals surface area contributed by atoms with Crippen LogP contribution in [0, 0.1) is 0 Å². The molecular weight excluding hydrogens is 494 g/mol. The molecule has 0 atom stereocenters. The molecule has 0 radical (unpaired) electrons. The number of methoxy groups -OCH3 is 1. The summed E-state index contributed by atoms with van der Waals surface area (Å²) in [7, 11) is 1.55. The molecule has 0 bridgehead atoms. The normalized spacial score (nSPS) is 13.2. The first kappa shape index (κ1) is 29.6. The van der Waals surface area contributed by atoms with Gasteiger partial charge in [-0.05, 0) is 30.0 Å². The fraction of sp³-hybridized carbons (Fsp3) is 0.583. The molecule has 202 valence electrons. The maximum Gasteiger partial charge on any atom is 0.429 e. The largest absolute Gasteiger partial charge is 0.475 e. The summed E-state index contributed by atoms with van der Waals surface area (Å²) in [6.07, 6.45) is -11.6. The summed E-state index contributed by atoms with van der Waals surface area (Å²) in [4.78, 5) is 8.60. The van der Waals surface area contributed by atoms with E-state index in [4.69, 9.17) is 14.2 Å². The standard InChI is InChI=1S/C24H30F6N2O4/c1-15(2)17-11-16(12-20(31-17)35-10-9-34-5)13-21(3,4)18-7-6-8-19(32-18)36-14-22(33,23(25,26)27)24(28,29)30/h6-8,11-12,15,33H,9-10,13-14H2,1-5H3. The predicted molar refractivity (Wildman–Crippen MR) is 119 cm³/mol. The van der Waals surface area contributed by atoms with Gasteiger partial charge in [-0.2, -0.15) is 26.3 Å². The SMILES string of the molecule is COCCOc1cc(CC(C)(C)c2cccc(OCC(O)(C(F)(F)F)C(F)(F)F)n2)cc(C(C)C)n1. The molecule has 0 saturated carbocycles. The van der Waals surface area contributed by atoms with Crippen molar-refractivity contribution in [2.24, 2.45) is 0 Å². The van der Waals surface area contributed by atoms with Gasteiger partial charge in [0, 0.05) is 30.4 Å². The van der Waals surface area contributed by atoms with Gasteiger partial charge in [0.05, 0.1) is 12.3 Å². The second-order valence-corrected chi connectivity index (χ2v) is 9.30. The number of aromatic nitrogens is 2. The zero-order valence-corrected chi connectivity index (χ0v) is 20.6. The van der Waals surface area contributed by atoms with Crippen LogP contribution in [0.15, 0.2) is 30.3 Å². The number of ether oxygens (including phenoxy) is 3. The fourth-order valence-corrected chi connectivity index (χ4v) is 3.26. The molecular formula is C24H30F6N2O4. The molecule has 2 aromatic rings. The lowest BCUT2D eigenvalue weighted by Gasteiger charge is -2.32. The highest BCUT2D eigenvalue weighted by Gasteiger charge is 2.71. The molecule has 0 aliphatic carbocycles. The van der Waals surface area contributed by atoms with Gasteiger partial charge < -0.3 is 19.3 Å². The van der Waals surface area contributed by atoms with E-state index in [0.717, 1.165) is 17.3 Å². The molecule has 0 unspecified atom stereocenters. The topological polar surface area (TPSA) is 73.7 Å². The Labute approximate surface area is 205 Å². The van der Waals surface area contributed by atoms with E-state index in [0.29, 0.717) is 31.2 Å². The minimum absolute atomic E-state index is 0.105. The predicted octanol–water partition coefficient (Wildman–Crippen LogP) is 5.38. The lowest BCUT2D eigenvalue weighted by molar-refractivity contribution is -0.373. The van der Waals surface area contributed by atoms with E-state index in [-0.39, 0.29) is 5.92 Å². The lowest BCUT2D eigenvalue weighted by atomic mass is 9.82. The Balaban J connectivity index is 2.27. The molecule has 6 nitrogen and oxygen atoms in total. The highest BCUT2D eigenvalue weighted by Crippen LogP contribution is 2.43. The first-order valence-electron chi connectivity index (χ1n) is 11.1. The molecule has 2 aromatic heterocycles. The average molecular weight is 525 g/mol. The number of aliphatic hydroxyl groups is 1. The van der Waals surface area contributed by atoms with E-state index in [2.05, 4.69) is 9.97 Å². The number of alkyl halides is 6. The van der Waals surface area contributed by atoms with Gasteiger partial charge in [0.25, 0.3) is 5.60 Å². The first-order chi connectivity index (χ1) is 16.5. The van der Waals surface area contributed by atoms with Crippen LogP contribution < -0.4 is 9.47 Å². The summed E-state index contributed by atoms with van der Waals surface area (Å²) in [5.74, 6) is 0.0371. The first-order valence-corrected chi connectivity index (χ1v) is 11.1. The van der Waals surface area contributed by atoms with Crippen LogP contribution in [0.2, 0.25) is 0 Å². The van der Waals surface area contributed by atoms with Crippen LogP contribution >= 0.6 is 0 Å². The third-order valence-electron chi connectivity index (χ3n) is 5.44. The number of pyridine rings is 2. The quantitative estimate of drug-likeness (QED) is 0.314. The molecule has 36 heavy (non-hydrogen) atoms. The van der Waals surface area contributed by atoms with Crippen molar-refractivity contribution in [1.82, 2.24) is 9.97 Å². The number of hydrogen-bond donors (Lipinski definition) is 1. The Kier molecular flexibility index (Phi) is 9.22. The summed E-state index contributed by atoms with van der Waals surface area (Å²) in [6.45, 7) is 6.19. The zero-order valence-electron chi connectivity index (χ0n) is 20.6. The summed E-state index contributed by atoms with van der Waals surface area (Å²) >= 11 is 0. The van der Waals surface area contributed by atoms with E-state index in [1.807, 2.05) is 33.8 Å². The number of rotatable bonds is 11. The van der Waals surface area contributed by atoms with Crippen molar-refractivity contribution < 1.29 is 45.7 Å². The van der Waals surface area contributed by atoms with Gasteiger partial charge in [-0.15, -0.1) is 0 Å². The molecule has 0 saturated heterocycles. The van der Waals surface area contributed by atoms with Crippen molar-refractivity contribution in [3.05, 3.63) is 47.3 Å². The zero-order chi connectivity index (χ0) is 27.4. The number of hydrogen-bond acceptors (Lipinski definition) is 6. The lowest BCUT2D eigenvalue weighted by Crippen LogP contribution is -2.60. The van der Waals surface area contributed by atoms with Gasteiger partial charge in [0.15, 0.2) is 0 Å². The summed E-state index contributed by atoms with van der Waals surface area (Å²) in [5.41, 5.74) is -3.73. The van der Waals surface area contributed by atoms with E-state index in [9.17, 15) is 31.4 Å². The van der Waals surface area contributed by atoms with Gasteiger partial charge >= 0.3 is 12.4 Å². The second-order valence-electron chi connectivity index (χ2n) is 9.30. The van der Waals surface area contributed by atoms with E-state index < -0.39 is 35.9 Å². The summed E-state index contributed by atoms with van der Waals surface area (Å²) < 4.78 is 93.0. The third-order valence-corrected chi connectivity index (χ3v) is 5.44.